The van der Waals surface area contributed by atoms with Crippen LogP contribution in [-0.2, 0) is 16.1 Å². The summed E-state index contributed by atoms with van der Waals surface area (Å²) in [7, 11) is 0. The molecule has 1 aromatic carbocycles. The zero-order valence-corrected chi connectivity index (χ0v) is 15.0. The zero-order chi connectivity index (χ0) is 18.5. The summed E-state index contributed by atoms with van der Waals surface area (Å²) in [6.07, 6.45) is 2.22. The number of amides is 2. The number of likely N-dealkylation sites (N-methyl/N-ethyl adjacent to an activating group) is 1. The highest BCUT2D eigenvalue weighted by Crippen LogP contribution is 2.34. The first-order valence-electron chi connectivity index (χ1n) is 8.71. The number of hydrogen-bond donors (Lipinski definition) is 2. The fraction of sp³-hybridized carbons (Fsp3) is 0.471. The number of rotatable bonds is 8. The number of carbonyl (C=O) groups excluding carboxylic acids is 2. The van der Waals surface area contributed by atoms with Crippen molar-refractivity contribution in [1.29, 1.82) is 0 Å². The van der Waals surface area contributed by atoms with Crippen molar-refractivity contribution in [1.82, 2.24) is 25.1 Å². The molecule has 1 aliphatic carbocycles. The van der Waals surface area contributed by atoms with Crippen molar-refractivity contribution in [2.24, 2.45) is 0 Å². The SMILES string of the molecule is CCN(CC(=O)Nc1ccc(NC(C)=O)cc1)Cc1nnnn1C1CC1. The average Bonchev–Trinajstić information content (AvgIpc) is 3.35. The van der Waals surface area contributed by atoms with Crippen LogP contribution >= 0.6 is 0 Å². The first-order valence-corrected chi connectivity index (χ1v) is 8.71. The number of benzene rings is 1. The van der Waals surface area contributed by atoms with E-state index in [1.807, 2.05) is 16.5 Å². The number of hydrogen-bond acceptors (Lipinski definition) is 6. The van der Waals surface area contributed by atoms with Gasteiger partial charge in [0.25, 0.3) is 0 Å². The number of aromatic nitrogens is 4. The summed E-state index contributed by atoms with van der Waals surface area (Å²) in [5.41, 5.74) is 1.38. The standard InChI is InChI=1S/C17H23N7O2/c1-3-23(10-16-20-21-22-24(16)15-8-9-15)11-17(26)19-14-6-4-13(5-7-14)18-12(2)25/h4-7,15H,3,8-11H2,1-2H3,(H,18,25)(H,19,26). The molecule has 2 amide bonds. The van der Waals surface area contributed by atoms with Gasteiger partial charge in [0.15, 0.2) is 5.82 Å². The lowest BCUT2D eigenvalue weighted by Crippen LogP contribution is -2.33. The van der Waals surface area contributed by atoms with Crippen molar-refractivity contribution in [2.45, 2.75) is 39.3 Å². The minimum Gasteiger partial charge on any atom is -0.326 e. The number of anilines is 2. The maximum atomic E-state index is 12.3. The number of nitrogens with one attached hydrogen (secondary N) is 2. The molecule has 1 aliphatic rings. The molecule has 0 atom stereocenters. The van der Waals surface area contributed by atoms with E-state index in [1.54, 1.807) is 24.3 Å². The zero-order valence-electron chi connectivity index (χ0n) is 15.0. The van der Waals surface area contributed by atoms with E-state index in [2.05, 4.69) is 26.2 Å². The van der Waals surface area contributed by atoms with Gasteiger partial charge in [0.1, 0.15) is 0 Å². The largest absolute Gasteiger partial charge is 0.326 e. The maximum absolute atomic E-state index is 12.3. The van der Waals surface area contributed by atoms with E-state index in [0.717, 1.165) is 18.7 Å². The van der Waals surface area contributed by atoms with Gasteiger partial charge in [-0.1, -0.05) is 6.92 Å². The molecule has 3 rings (SSSR count). The van der Waals surface area contributed by atoms with Crippen LogP contribution in [0.3, 0.4) is 0 Å². The normalized spacial score (nSPS) is 13.7. The molecule has 0 saturated heterocycles. The summed E-state index contributed by atoms with van der Waals surface area (Å²) in [5, 5.41) is 17.4. The van der Waals surface area contributed by atoms with Gasteiger partial charge in [-0.15, -0.1) is 5.10 Å². The first-order chi connectivity index (χ1) is 12.5. The molecule has 0 unspecified atom stereocenters. The Labute approximate surface area is 151 Å². The van der Waals surface area contributed by atoms with E-state index in [1.165, 1.54) is 6.92 Å². The molecule has 0 aliphatic heterocycles. The van der Waals surface area contributed by atoms with Crippen molar-refractivity contribution in [3.8, 4) is 0 Å². The molecular formula is C17H23N7O2. The van der Waals surface area contributed by atoms with Crippen molar-refractivity contribution in [3.63, 3.8) is 0 Å². The van der Waals surface area contributed by atoms with E-state index in [9.17, 15) is 9.59 Å². The van der Waals surface area contributed by atoms with Crippen LogP contribution in [0.1, 0.15) is 38.6 Å². The fourth-order valence-corrected chi connectivity index (χ4v) is 2.64. The van der Waals surface area contributed by atoms with Gasteiger partial charge >= 0.3 is 0 Å². The summed E-state index contributed by atoms with van der Waals surface area (Å²) >= 11 is 0. The van der Waals surface area contributed by atoms with Gasteiger partial charge in [0.05, 0.1) is 19.1 Å². The Bertz CT molecular complexity index is 768. The molecule has 9 heteroatoms. The lowest BCUT2D eigenvalue weighted by atomic mass is 10.2. The molecule has 1 saturated carbocycles. The molecule has 0 spiro atoms. The van der Waals surface area contributed by atoms with Crippen LogP contribution in [-0.4, -0.2) is 50.0 Å². The Kier molecular flexibility index (Phi) is 5.57. The fourth-order valence-electron chi connectivity index (χ4n) is 2.64. The van der Waals surface area contributed by atoms with Gasteiger partial charge in [0, 0.05) is 18.3 Å². The average molecular weight is 357 g/mol. The van der Waals surface area contributed by atoms with Crippen molar-refractivity contribution < 1.29 is 9.59 Å². The number of tetrazole rings is 1. The van der Waals surface area contributed by atoms with Crippen LogP contribution < -0.4 is 10.6 Å². The second-order valence-electron chi connectivity index (χ2n) is 6.38. The molecular weight excluding hydrogens is 334 g/mol. The van der Waals surface area contributed by atoms with E-state index < -0.39 is 0 Å². The van der Waals surface area contributed by atoms with Crippen LogP contribution in [0.25, 0.3) is 0 Å². The third-order valence-electron chi connectivity index (χ3n) is 4.12. The van der Waals surface area contributed by atoms with Crippen LogP contribution in [0.5, 0.6) is 0 Å². The molecule has 26 heavy (non-hydrogen) atoms. The molecule has 1 heterocycles. The van der Waals surface area contributed by atoms with Gasteiger partial charge in [-0.05, 0) is 54.1 Å². The minimum absolute atomic E-state index is 0.107. The van der Waals surface area contributed by atoms with E-state index in [-0.39, 0.29) is 18.4 Å². The highest BCUT2D eigenvalue weighted by Gasteiger charge is 2.28. The van der Waals surface area contributed by atoms with Crippen molar-refractivity contribution in [3.05, 3.63) is 30.1 Å². The Morgan fingerprint density at radius 1 is 1.19 bits per heavy atom. The molecule has 2 N–H and O–H groups in total. The second kappa shape index (κ2) is 8.05. The van der Waals surface area contributed by atoms with Crippen LogP contribution in [0.15, 0.2) is 24.3 Å². The van der Waals surface area contributed by atoms with E-state index in [0.29, 0.717) is 30.5 Å². The van der Waals surface area contributed by atoms with Crippen LogP contribution in [0.2, 0.25) is 0 Å². The summed E-state index contributed by atoms with van der Waals surface area (Å²) in [6.45, 7) is 4.96. The second-order valence-corrected chi connectivity index (χ2v) is 6.38. The van der Waals surface area contributed by atoms with Crippen molar-refractivity contribution >= 4 is 23.2 Å². The quantitative estimate of drug-likeness (QED) is 0.740. The lowest BCUT2D eigenvalue weighted by Gasteiger charge is -2.19. The van der Waals surface area contributed by atoms with Gasteiger partial charge < -0.3 is 10.6 Å². The predicted octanol–water partition coefficient (Wildman–Crippen LogP) is 1.43. The highest BCUT2D eigenvalue weighted by molar-refractivity contribution is 5.93. The van der Waals surface area contributed by atoms with Crippen LogP contribution in [0.4, 0.5) is 11.4 Å². The summed E-state index contributed by atoms with van der Waals surface area (Å²) in [4.78, 5) is 25.3. The molecule has 138 valence electrons. The highest BCUT2D eigenvalue weighted by atomic mass is 16.2. The Morgan fingerprint density at radius 3 is 2.42 bits per heavy atom. The monoisotopic (exact) mass is 357 g/mol. The van der Waals surface area contributed by atoms with E-state index in [4.69, 9.17) is 0 Å². The summed E-state index contributed by atoms with van der Waals surface area (Å²) in [5.74, 6) is 0.556. The summed E-state index contributed by atoms with van der Waals surface area (Å²) < 4.78 is 1.86. The molecule has 9 nitrogen and oxygen atoms in total. The molecule has 0 radical (unpaired) electrons. The van der Waals surface area contributed by atoms with E-state index >= 15 is 0 Å². The topological polar surface area (TPSA) is 105 Å². The Morgan fingerprint density at radius 2 is 1.85 bits per heavy atom. The predicted molar refractivity (Wildman–Crippen MR) is 96.4 cm³/mol. The Hall–Kier alpha value is -2.81. The third kappa shape index (κ3) is 4.85. The van der Waals surface area contributed by atoms with Gasteiger partial charge in [-0.25, -0.2) is 4.68 Å². The molecule has 0 bridgehead atoms. The Balaban J connectivity index is 1.53. The van der Waals surface area contributed by atoms with Crippen LogP contribution in [0, 0.1) is 0 Å². The van der Waals surface area contributed by atoms with Gasteiger partial charge in [0.2, 0.25) is 11.8 Å². The minimum atomic E-state index is -0.131. The first kappa shape index (κ1) is 18.0. The third-order valence-corrected chi connectivity index (χ3v) is 4.12. The molecule has 1 fully saturated rings. The van der Waals surface area contributed by atoms with Crippen molar-refractivity contribution in [2.75, 3.05) is 23.7 Å². The molecule has 2 aromatic rings. The van der Waals surface area contributed by atoms with Gasteiger partial charge in [-0.2, -0.15) is 0 Å². The number of carbonyl (C=O) groups is 2. The maximum Gasteiger partial charge on any atom is 0.238 e. The molecule has 1 aromatic heterocycles. The van der Waals surface area contributed by atoms with Gasteiger partial charge in [-0.3, -0.25) is 14.5 Å². The number of nitrogens with zero attached hydrogens (tertiary/aromatic N) is 5. The lowest BCUT2D eigenvalue weighted by molar-refractivity contribution is -0.117. The summed E-state index contributed by atoms with van der Waals surface area (Å²) in [6, 6.07) is 7.42. The smallest absolute Gasteiger partial charge is 0.238 e.